The molecule has 0 aromatic heterocycles. The van der Waals surface area contributed by atoms with Crippen LogP contribution in [0.1, 0.15) is 58.6 Å². The van der Waals surface area contributed by atoms with Gasteiger partial charge in [0.2, 0.25) is 0 Å². The van der Waals surface area contributed by atoms with Crippen molar-refractivity contribution in [3.8, 4) is 0 Å². The smallest absolute Gasteiger partial charge is 0.311 e. The van der Waals surface area contributed by atoms with Gasteiger partial charge in [-0.2, -0.15) is 0 Å². The van der Waals surface area contributed by atoms with Crippen LogP contribution in [-0.4, -0.2) is 53.4 Å². The van der Waals surface area contributed by atoms with Crippen molar-refractivity contribution in [1.82, 2.24) is 0 Å². The van der Waals surface area contributed by atoms with Crippen molar-refractivity contribution in [3.05, 3.63) is 59.7 Å². The number of sulfone groups is 1. The third kappa shape index (κ3) is 8.45. The van der Waals surface area contributed by atoms with Crippen molar-refractivity contribution in [2.24, 2.45) is 10.8 Å². The predicted molar refractivity (Wildman–Crippen MR) is 153 cm³/mol. The molecule has 0 aliphatic rings. The van der Waals surface area contributed by atoms with Crippen LogP contribution < -0.4 is 4.90 Å². The Hall–Kier alpha value is -3.13. The van der Waals surface area contributed by atoms with E-state index < -0.39 is 20.7 Å². The number of rotatable bonds is 13. The van der Waals surface area contributed by atoms with Crippen LogP contribution in [0.3, 0.4) is 0 Å². The van der Waals surface area contributed by atoms with Crippen molar-refractivity contribution in [1.29, 1.82) is 0 Å². The second kappa shape index (κ2) is 13.1. The molecule has 1 unspecified atom stereocenters. The first-order valence-electron chi connectivity index (χ1n) is 12.8. The first-order chi connectivity index (χ1) is 17.8. The lowest BCUT2D eigenvalue weighted by Gasteiger charge is -2.33. The monoisotopic (exact) mass is 543 g/mol. The molecule has 7 nitrogen and oxygen atoms in total. The lowest BCUT2D eigenvalue weighted by atomic mass is 9.72. The summed E-state index contributed by atoms with van der Waals surface area (Å²) in [5.74, 6) is -0.650. The van der Waals surface area contributed by atoms with Gasteiger partial charge < -0.3 is 14.4 Å². The third-order valence-electron chi connectivity index (χ3n) is 6.85. The summed E-state index contributed by atoms with van der Waals surface area (Å²) < 4.78 is 33.8. The minimum Gasteiger partial charge on any atom is -0.469 e. The number of ether oxygens (including phenoxy) is 2. The highest BCUT2D eigenvalue weighted by molar-refractivity contribution is 7.90. The summed E-state index contributed by atoms with van der Waals surface area (Å²) >= 11 is 0. The van der Waals surface area contributed by atoms with Crippen LogP contribution in [0.2, 0.25) is 0 Å². The Labute approximate surface area is 227 Å². The Morgan fingerprint density at radius 2 is 1.42 bits per heavy atom. The molecule has 0 saturated carbocycles. The van der Waals surface area contributed by atoms with Crippen LogP contribution in [0.5, 0.6) is 0 Å². The summed E-state index contributed by atoms with van der Waals surface area (Å²) in [6, 6.07) is 14.8. The number of likely N-dealkylation sites (N-methyl/N-ethyl adjacent to an activating group) is 1. The van der Waals surface area contributed by atoms with Gasteiger partial charge in [0.25, 0.3) is 0 Å². The van der Waals surface area contributed by atoms with Crippen LogP contribution in [0.25, 0.3) is 12.2 Å². The molecular formula is C30H41NO6S. The molecule has 2 rings (SSSR count). The summed E-state index contributed by atoms with van der Waals surface area (Å²) in [5, 5.41) is 0. The van der Waals surface area contributed by atoms with E-state index in [1.54, 1.807) is 38.1 Å². The number of benzene rings is 2. The number of hydrogen-bond donors (Lipinski definition) is 0. The topological polar surface area (TPSA) is 90.0 Å². The van der Waals surface area contributed by atoms with Gasteiger partial charge in [0.15, 0.2) is 9.84 Å². The van der Waals surface area contributed by atoms with Crippen LogP contribution >= 0.6 is 0 Å². The fourth-order valence-corrected chi connectivity index (χ4v) is 4.99. The van der Waals surface area contributed by atoms with E-state index in [0.29, 0.717) is 24.3 Å². The first kappa shape index (κ1) is 31.1. The highest BCUT2D eigenvalue weighted by Crippen LogP contribution is 2.38. The van der Waals surface area contributed by atoms with Crippen LogP contribution in [0.15, 0.2) is 53.4 Å². The van der Waals surface area contributed by atoms with E-state index in [-0.39, 0.29) is 18.5 Å². The van der Waals surface area contributed by atoms with Gasteiger partial charge in [-0.25, -0.2) is 8.42 Å². The molecule has 208 valence electrons. The molecule has 0 fully saturated rings. The maximum atomic E-state index is 12.8. The lowest BCUT2D eigenvalue weighted by molar-refractivity contribution is -0.161. The normalized spacial score (nSPS) is 13.7. The zero-order valence-corrected chi connectivity index (χ0v) is 24.4. The summed E-state index contributed by atoms with van der Waals surface area (Å²) in [6.07, 6.45) is 6.01. The number of methoxy groups -OCH3 is 1. The summed E-state index contributed by atoms with van der Waals surface area (Å²) in [4.78, 5) is 27.5. The van der Waals surface area contributed by atoms with E-state index in [1.807, 2.05) is 57.2 Å². The molecule has 2 aromatic rings. The molecule has 0 aliphatic carbocycles. The van der Waals surface area contributed by atoms with Gasteiger partial charge in [0.05, 0.1) is 29.4 Å². The standard InChI is InChI=1S/C30H41NO6S/c1-8-30(5,28(33)36-6)22-29(3,4)27(32)37-21-20-31(9-2)25-16-12-23(13-17-25)10-11-24-14-18-26(19-15-24)38(7,34)35/h10-19H,8-9,20-22H2,1-7H3/b11-10+. The van der Waals surface area contributed by atoms with Gasteiger partial charge in [0, 0.05) is 18.5 Å². The number of carbonyl (C=O) groups is 2. The largest absolute Gasteiger partial charge is 0.469 e. The number of hydrogen-bond acceptors (Lipinski definition) is 7. The van der Waals surface area contributed by atoms with Crippen molar-refractivity contribution >= 4 is 39.6 Å². The SMILES string of the molecule is CCN(CCOC(=O)C(C)(C)CC(C)(CC)C(=O)OC)c1ccc(/C=C/c2ccc(S(C)(=O)=O)cc2)cc1. The second-order valence-corrected chi connectivity index (χ2v) is 12.5. The number of anilines is 1. The molecule has 0 heterocycles. The Bertz CT molecular complexity index is 1220. The Morgan fingerprint density at radius 1 is 0.895 bits per heavy atom. The predicted octanol–water partition coefficient (Wildman–Crippen LogP) is 5.64. The van der Waals surface area contributed by atoms with E-state index >= 15 is 0 Å². The summed E-state index contributed by atoms with van der Waals surface area (Å²) in [5.41, 5.74) is 1.36. The van der Waals surface area contributed by atoms with Crippen LogP contribution in [0, 0.1) is 10.8 Å². The van der Waals surface area contributed by atoms with Gasteiger partial charge >= 0.3 is 11.9 Å². The molecule has 0 spiro atoms. The fraction of sp³-hybridized carbons (Fsp3) is 0.467. The average molecular weight is 544 g/mol. The lowest BCUT2D eigenvalue weighted by Crippen LogP contribution is -2.39. The molecule has 0 amide bonds. The maximum absolute atomic E-state index is 12.8. The maximum Gasteiger partial charge on any atom is 0.311 e. The molecular weight excluding hydrogens is 502 g/mol. The van der Waals surface area contributed by atoms with Crippen molar-refractivity contribution in [2.45, 2.75) is 52.4 Å². The van der Waals surface area contributed by atoms with E-state index in [9.17, 15) is 18.0 Å². The van der Waals surface area contributed by atoms with Gasteiger partial charge in [-0.05, 0) is 75.9 Å². The molecule has 0 N–H and O–H groups in total. The van der Waals surface area contributed by atoms with E-state index in [4.69, 9.17) is 9.47 Å². The van der Waals surface area contributed by atoms with Crippen molar-refractivity contribution < 1.29 is 27.5 Å². The molecule has 1 atom stereocenters. The van der Waals surface area contributed by atoms with E-state index in [2.05, 4.69) is 4.90 Å². The molecule has 0 radical (unpaired) electrons. The third-order valence-corrected chi connectivity index (χ3v) is 7.98. The highest BCUT2D eigenvalue weighted by atomic mass is 32.2. The number of esters is 2. The molecule has 2 aromatic carbocycles. The number of carbonyl (C=O) groups excluding carboxylic acids is 2. The van der Waals surface area contributed by atoms with E-state index in [1.165, 1.54) is 13.4 Å². The zero-order valence-electron chi connectivity index (χ0n) is 23.6. The Balaban J connectivity index is 1.96. The van der Waals surface area contributed by atoms with Gasteiger partial charge in [-0.3, -0.25) is 9.59 Å². The van der Waals surface area contributed by atoms with Crippen molar-refractivity contribution in [2.75, 3.05) is 38.0 Å². The highest BCUT2D eigenvalue weighted by Gasteiger charge is 2.42. The van der Waals surface area contributed by atoms with Crippen molar-refractivity contribution in [3.63, 3.8) is 0 Å². The molecule has 0 aliphatic heterocycles. The first-order valence-corrected chi connectivity index (χ1v) is 14.7. The Kier molecular flexibility index (Phi) is 10.7. The minimum absolute atomic E-state index is 0.238. The summed E-state index contributed by atoms with van der Waals surface area (Å²) in [6.45, 7) is 10.9. The fourth-order valence-electron chi connectivity index (χ4n) is 4.36. The average Bonchev–Trinajstić information content (AvgIpc) is 2.89. The molecule has 0 bridgehead atoms. The van der Waals surface area contributed by atoms with Crippen LogP contribution in [0.4, 0.5) is 5.69 Å². The second-order valence-electron chi connectivity index (χ2n) is 10.4. The van der Waals surface area contributed by atoms with Gasteiger partial charge in [-0.15, -0.1) is 0 Å². The minimum atomic E-state index is -3.21. The van der Waals surface area contributed by atoms with E-state index in [0.717, 1.165) is 23.4 Å². The van der Waals surface area contributed by atoms with Gasteiger partial charge in [-0.1, -0.05) is 43.3 Å². The van der Waals surface area contributed by atoms with Gasteiger partial charge in [0.1, 0.15) is 6.61 Å². The summed E-state index contributed by atoms with van der Waals surface area (Å²) in [7, 11) is -1.84. The molecule has 0 saturated heterocycles. The van der Waals surface area contributed by atoms with Crippen LogP contribution in [-0.2, 0) is 28.9 Å². The zero-order chi connectivity index (χ0) is 28.6. The molecule has 38 heavy (non-hydrogen) atoms. The quantitative estimate of drug-likeness (QED) is 0.239. The number of nitrogens with zero attached hydrogens (tertiary/aromatic N) is 1. The molecule has 8 heteroatoms. The Morgan fingerprint density at radius 3 is 1.87 bits per heavy atom.